The fourth-order valence-corrected chi connectivity index (χ4v) is 10.3. The van der Waals surface area contributed by atoms with Gasteiger partial charge in [0.15, 0.2) is 5.78 Å². The predicted molar refractivity (Wildman–Crippen MR) is 279 cm³/mol. The lowest BCUT2D eigenvalue weighted by Crippen LogP contribution is -2.30. The number of carbonyl (C=O) groups is 4. The molecule has 12 heteroatoms. The van der Waals surface area contributed by atoms with Gasteiger partial charge in [0.05, 0.1) is 55.9 Å². The molecule has 0 aliphatic carbocycles. The average Bonchev–Trinajstić information content (AvgIpc) is 3.69. The molecule has 7 aliphatic heterocycles. The standard InChI is InChI=1S/2C30H40O6/c1-20-12-13-33-25(16-20)10-11-28-29-19-27(35-28)18-23(31)15-21(2)14-22(3)17-26-8-4-6-24(34-26)7-5-9-30(32)36-29;1-21-15-16-34-26(19-21)13-14-28(32)29-11-4-7-24(31)18-22(2)17-23(3)20-27-10-5-8-25(35-27)9-6-12-30(33)36-29/h4-6,9-12,22,24-29H,2,7-8,13-19H2,1,3H3;4-8,12-15,23,25-29,32H,2,9-11,16-20H2,1,3H3/b9-5-,11-10+;7-4+,12-6-,14-13+/t22-,24-,25+,26-,27-,28-,29-;23-,25-,26+,27-,28-,29-/m00/s1. The minimum Gasteiger partial charge on any atom is -0.456 e. The first-order chi connectivity index (χ1) is 34.6. The summed E-state index contributed by atoms with van der Waals surface area (Å²) in [5, 5.41) is 10.8. The van der Waals surface area contributed by atoms with Gasteiger partial charge < -0.3 is 38.3 Å². The minimum atomic E-state index is -1.04. The Morgan fingerprint density at radius 3 is 1.75 bits per heavy atom. The summed E-state index contributed by atoms with van der Waals surface area (Å²) in [6.07, 6.45) is 35.9. The van der Waals surface area contributed by atoms with Gasteiger partial charge in [-0.3, -0.25) is 9.59 Å². The molecule has 0 aromatic rings. The maximum absolute atomic E-state index is 12.8. The zero-order chi connectivity index (χ0) is 51.4. The molecule has 0 amide bonds. The summed E-state index contributed by atoms with van der Waals surface area (Å²) in [6, 6.07) is 0. The lowest BCUT2D eigenvalue weighted by molar-refractivity contribution is -0.147. The highest BCUT2D eigenvalue weighted by molar-refractivity contribution is 5.91. The number of rotatable bonds is 5. The van der Waals surface area contributed by atoms with E-state index in [1.165, 1.54) is 29.4 Å². The van der Waals surface area contributed by atoms with E-state index in [-0.39, 0.29) is 67.1 Å². The minimum absolute atomic E-state index is 0.0253. The van der Waals surface area contributed by atoms with Crippen LogP contribution in [-0.2, 0) is 52.3 Å². The maximum Gasteiger partial charge on any atom is 0.330 e. The van der Waals surface area contributed by atoms with E-state index in [1.807, 2.05) is 37.3 Å². The van der Waals surface area contributed by atoms with Crippen molar-refractivity contribution in [3.8, 4) is 0 Å². The molecule has 6 bridgehead atoms. The van der Waals surface area contributed by atoms with Crippen LogP contribution in [0.5, 0.6) is 0 Å². The number of fused-ring (bicyclic) bond motifs is 6. The number of hydrogen-bond acceptors (Lipinski definition) is 12. The fourth-order valence-electron chi connectivity index (χ4n) is 10.3. The number of aliphatic hydroxyl groups excluding tert-OH is 1. The third-order valence-electron chi connectivity index (χ3n) is 13.8. The summed E-state index contributed by atoms with van der Waals surface area (Å²) < 4.78 is 41.4. The van der Waals surface area contributed by atoms with Crippen molar-refractivity contribution in [2.75, 3.05) is 13.2 Å². The second kappa shape index (κ2) is 29.2. The van der Waals surface area contributed by atoms with Crippen LogP contribution in [0.1, 0.15) is 124 Å². The Balaban J connectivity index is 0.000000235. The molecule has 0 radical (unpaired) electrons. The zero-order valence-electron chi connectivity index (χ0n) is 43.1. The van der Waals surface area contributed by atoms with Crippen LogP contribution in [0.15, 0.2) is 133 Å². The van der Waals surface area contributed by atoms with Crippen molar-refractivity contribution in [1.29, 1.82) is 0 Å². The van der Waals surface area contributed by atoms with E-state index in [0.29, 0.717) is 57.2 Å². The number of Topliss-reactive ketones (excluding diaryl/α,β-unsaturated/α-hetero) is 1. The molecule has 12 nitrogen and oxygen atoms in total. The normalized spacial score (nSPS) is 35.8. The Kier molecular flexibility index (Phi) is 22.9. The van der Waals surface area contributed by atoms with Gasteiger partial charge in [-0.1, -0.05) is 128 Å². The van der Waals surface area contributed by atoms with E-state index in [0.717, 1.165) is 62.5 Å². The van der Waals surface area contributed by atoms with Crippen molar-refractivity contribution >= 4 is 23.5 Å². The number of aliphatic hydroxyl groups is 1. The van der Waals surface area contributed by atoms with E-state index in [2.05, 4.69) is 58.2 Å². The molecular weight excluding hydrogens is 913 g/mol. The maximum atomic E-state index is 12.8. The fraction of sp³-hybridized carbons (Fsp3) is 0.567. The van der Waals surface area contributed by atoms with Crippen molar-refractivity contribution in [2.45, 2.75) is 191 Å². The topological polar surface area (TPSA) is 153 Å². The molecule has 1 N–H and O–H groups in total. The lowest BCUT2D eigenvalue weighted by Gasteiger charge is -2.28. The number of cyclic esters (lactones) is 1. The highest BCUT2D eigenvalue weighted by Crippen LogP contribution is 2.31. The van der Waals surface area contributed by atoms with E-state index in [4.69, 9.17) is 33.2 Å². The molecule has 392 valence electrons. The van der Waals surface area contributed by atoms with Crippen molar-refractivity contribution in [2.24, 2.45) is 11.8 Å². The number of esters is 2. The first kappa shape index (κ1) is 56.5. The van der Waals surface area contributed by atoms with Gasteiger partial charge >= 0.3 is 11.9 Å². The predicted octanol–water partition coefficient (Wildman–Crippen LogP) is 10.4. The zero-order valence-corrected chi connectivity index (χ0v) is 43.1. The molecule has 7 heterocycles. The summed E-state index contributed by atoms with van der Waals surface area (Å²) in [5.41, 5.74) is 4.38. The summed E-state index contributed by atoms with van der Waals surface area (Å²) in [6.45, 7) is 17.9. The second-order valence-corrected chi connectivity index (χ2v) is 20.9. The first-order valence-corrected chi connectivity index (χ1v) is 26.3. The van der Waals surface area contributed by atoms with E-state index >= 15 is 0 Å². The van der Waals surface area contributed by atoms with E-state index in [1.54, 1.807) is 24.3 Å². The Labute approximate surface area is 428 Å². The largest absolute Gasteiger partial charge is 0.456 e. The van der Waals surface area contributed by atoms with Gasteiger partial charge in [0.2, 0.25) is 0 Å². The van der Waals surface area contributed by atoms with Gasteiger partial charge in [-0.15, -0.1) is 0 Å². The monoisotopic (exact) mass is 993 g/mol. The second-order valence-electron chi connectivity index (χ2n) is 20.9. The molecule has 0 aromatic carbocycles. The van der Waals surface area contributed by atoms with E-state index < -0.39 is 36.4 Å². The number of ether oxygens (including phenoxy) is 7. The summed E-state index contributed by atoms with van der Waals surface area (Å²) in [7, 11) is 0. The van der Waals surface area contributed by atoms with Crippen LogP contribution in [0, 0.1) is 11.8 Å². The molecule has 0 spiro atoms. The Morgan fingerprint density at radius 1 is 0.597 bits per heavy atom. The Hall–Kier alpha value is -4.82. The summed E-state index contributed by atoms with van der Waals surface area (Å²) in [4.78, 5) is 50.4. The molecular formula is C60H80O12. The van der Waals surface area contributed by atoms with Crippen LogP contribution in [0.25, 0.3) is 0 Å². The van der Waals surface area contributed by atoms with Crippen LogP contribution >= 0.6 is 0 Å². The van der Waals surface area contributed by atoms with Gasteiger partial charge in [0.25, 0.3) is 0 Å². The SMILES string of the molecule is C=C1CC(=O)/C=C/C[C@@H]([C@@H](O)/C=C/[C@@H]2CC(C)=CCO2)OC(=O)/C=C\C[C@@H]2C=CC[C@@H](C[C@@H](C)C1)O2.C=C1CC(=O)C[C@H]2C[C@H](OC(=O)/C=C\C[C@@H]3C=CC[C@@H](C[C@@H](C)C1)O3)[C@H](/C=C/[C@@H]1CC(C)=CCO1)O2. The van der Waals surface area contributed by atoms with Gasteiger partial charge in [0, 0.05) is 44.3 Å². The molecule has 0 unspecified atom stereocenters. The highest BCUT2D eigenvalue weighted by Gasteiger charge is 2.37. The molecule has 13 atom stereocenters. The third-order valence-corrected chi connectivity index (χ3v) is 13.8. The summed E-state index contributed by atoms with van der Waals surface area (Å²) in [5.74, 6) is -0.150. The Bertz CT molecular complexity index is 2150. The van der Waals surface area contributed by atoms with Crippen LogP contribution in [0.2, 0.25) is 0 Å². The number of ketones is 2. The lowest BCUT2D eigenvalue weighted by atomic mass is 9.91. The number of hydrogen-bond donors (Lipinski definition) is 1. The smallest absolute Gasteiger partial charge is 0.330 e. The summed E-state index contributed by atoms with van der Waals surface area (Å²) >= 11 is 0. The number of carbonyl (C=O) groups excluding carboxylic acids is 4. The van der Waals surface area contributed by atoms with Crippen LogP contribution in [0.3, 0.4) is 0 Å². The molecule has 0 aromatic heterocycles. The van der Waals surface area contributed by atoms with Gasteiger partial charge in [-0.2, -0.15) is 0 Å². The van der Waals surface area contributed by atoms with Crippen molar-refractivity contribution in [3.05, 3.63) is 133 Å². The van der Waals surface area contributed by atoms with Crippen molar-refractivity contribution in [1.82, 2.24) is 0 Å². The quantitative estimate of drug-likeness (QED) is 0.206. The van der Waals surface area contributed by atoms with Crippen LogP contribution in [0.4, 0.5) is 0 Å². The van der Waals surface area contributed by atoms with Gasteiger partial charge in [-0.05, 0) is 96.0 Å². The van der Waals surface area contributed by atoms with Crippen LogP contribution in [-0.4, -0.2) is 109 Å². The molecule has 7 rings (SSSR count). The molecule has 72 heavy (non-hydrogen) atoms. The molecule has 1 fully saturated rings. The molecule has 0 saturated carbocycles. The van der Waals surface area contributed by atoms with Crippen molar-refractivity contribution in [3.63, 3.8) is 0 Å². The third kappa shape index (κ3) is 20.2. The van der Waals surface area contributed by atoms with Gasteiger partial charge in [-0.25, -0.2) is 9.59 Å². The highest BCUT2D eigenvalue weighted by atomic mass is 16.6. The van der Waals surface area contributed by atoms with E-state index in [9.17, 15) is 24.3 Å². The van der Waals surface area contributed by atoms with Gasteiger partial charge in [0.1, 0.15) is 30.2 Å². The molecule has 7 aliphatic rings. The van der Waals surface area contributed by atoms with Crippen LogP contribution < -0.4 is 0 Å². The average molecular weight is 993 g/mol. The van der Waals surface area contributed by atoms with Crippen molar-refractivity contribution < 1.29 is 57.4 Å². The Morgan fingerprint density at radius 2 is 1.15 bits per heavy atom. The molecule has 1 saturated heterocycles. The first-order valence-electron chi connectivity index (χ1n) is 26.3. The number of allylic oxidation sites excluding steroid dienone is 3.